The van der Waals surface area contributed by atoms with Gasteiger partial charge in [-0.25, -0.2) is 8.78 Å². The summed E-state index contributed by atoms with van der Waals surface area (Å²) in [5.74, 6) is -1.10. The minimum absolute atomic E-state index is 0. The largest absolute Gasteiger partial charge is 0.369 e. The van der Waals surface area contributed by atoms with Gasteiger partial charge < -0.3 is 16.4 Å². The molecule has 0 heterocycles. The molecule has 0 saturated heterocycles. The van der Waals surface area contributed by atoms with Crippen molar-refractivity contribution in [3.8, 4) is 0 Å². The van der Waals surface area contributed by atoms with Gasteiger partial charge in [0.25, 0.3) is 0 Å². The Morgan fingerprint density at radius 1 is 1.07 bits per heavy atom. The SMILES string of the molecule is CN=C(NCc1cccc(F)c1)NCC(Cc1ccc(F)cc1)C(N)=O.I. The van der Waals surface area contributed by atoms with E-state index in [1.54, 1.807) is 31.3 Å². The summed E-state index contributed by atoms with van der Waals surface area (Å²) >= 11 is 0. The van der Waals surface area contributed by atoms with Crippen LogP contribution >= 0.6 is 24.0 Å². The predicted octanol–water partition coefficient (Wildman–Crippen LogP) is 2.59. The van der Waals surface area contributed by atoms with Gasteiger partial charge in [-0.05, 0) is 41.8 Å². The van der Waals surface area contributed by atoms with Gasteiger partial charge in [0.15, 0.2) is 5.96 Å². The van der Waals surface area contributed by atoms with Crippen LogP contribution in [0.5, 0.6) is 0 Å². The molecule has 5 nitrogen and oxygen atoms in total. The van der Waals surface area contributed by atoms with Crippen LogP contribution in [-0.2, 0) is 17.8 Å². The van der Waals surface area contributed by atoms with E-state index in [1.165, 1.54) is 24.3 Å². The van der Waals surface area contributed by atoms with Crippen molar-refractivity contribution in [2.24, 2.45) is 16.6 Å². The van der Waals surface area contributed by atoms with E-state index in [4.69, 9.17) is 5.73 Å². The van der Waals surface area contributed by atoms with Crippen LogP contribution in [0.3, 0.4) is 0 Å². The molecule has 0 aliphatic carbocycles. The molecule has 0 aliphatic rings. The summed E-state index contributed by atoms with van der Waals surface area (Å²) in [6, 6.07) is 12.2. The molecule has 0 aliphatic heterocycles. The van der Waals surface area contributed by atoms with Gasteiger partial charge in [0, 0.05) is 20.1 Å². The molecule has 8 heteroatoms. The third kappa shape index (κ3) is 7.90. The van der Waals surface area contributed by atoms with E-state index in [9.17, 15) is 13.6 Å². The van der Waals surface area contributed by atoms with Gasteiger partial charge in [-0.3, -0.25) is 9.79 Å². The molecule has 1 amide bonds. The predicted molar refractivity (Wildman–Crippen MR) is 113 cm³/mol. The van der Waals surface area contributed by atoms with Crippen LogP contribution in [-0.4, -0.2) is 25.5 Å². The number of nitrogens with two attached hydrogens (primary N) is 1. The van der Waals surface area contributed by atoms with E-state index in [0.717, 1.165) is 11.1 Å². The highest BCUT2D eigenvalue weighted by atomic mass is 127. The summed E-state index contributed by atoms with van der Waals surface area (Å²) in [4.78, 5) is 15.8. The number of nitrogens with one attached hydrogen (secondary N) is 2. The van der Waals surface area contributed by atoms with Crippen LogP contribution in [0.2, 0.25) is 0 Å². The van der Waals surface area contributed by atoms with Crippen molar-refractivity contribution in [3.05, 3.63) is 71.3 Å². The number of aliphatic imine (C=N–C) groups is 1. The minimum atomic E-state index is -0.479. The van der Waals surface area contributed by atoms with Gasteiger partial charge in [-0.2, -0.15) is 0 Å². The zero-order valence-electron chi connectivity index (χ0n) is 14.9. The van der Waals surface area contributed by atoms with Gasteiger partial charge in [-0.15, -0.1) is 24.0 Å². The zero-order chi connectivity index (χ0) is 18.9. The highest BCUT2D eigenvalue weighted by molar-refractivity contribution is 14.0. The average Bonchev–Trinajstić information content (AvgIpc) is 2.62. The van der Waals surface area contributed by atoms with Gasteiger partial charge in [-0.1, -0.05) is 24.3 Å². The maximum absolute atomic E-state index is 13.2. The van der Waals surface area contributed by atoms with E-state index in [-0.39, 0.29) is 42.2 Å². The number of rotatable bonds is 7. The minimum Gasteiger partial charge on any atom is -0.369 e. The first-order valence-corrected chi connectivity index (χ1v) is 8.20. The lowest BCUT2D eigenvalue weighted by Crippen LogP contribution is -2.42. The first-order valence-electron chi connectivity index (χ1n) is 8.20. The summed E-state index contributed by atoms with van der Waals surface area (Å²) in [5.41, 5.74) is 7.06. The van der Waals surface area contributed by atoms with Crippen LogP contribution in [0, 0.1) is 17.6 Å². The second-order valence-corrected chi connectivity index (χ2v) is 5.87. The quantitative estimate of drug-likeness (QED) is 0.319. The highest BCUT2D eigenvalue weighted by Crippen LogP contribution is 2.09. The van der Waals surface area contributed by atoms with E-state index in [2.05, 4.69) is 15.6 Å². The molecule has 2 aromatic rings. The number of primary amides is 1. The Balaban J connectivity index is 0.00000364. The maximum atomic E-state index is 13.2. The van der Waals surface area contributed by atoms with Crippen LogP contribution in [0.15, 0.2) is 53.5 Å². The molecule has 0 bridgehead atoms. The second-order valence-electron chi connectivity index (χ2n) is 5.87. The Labute approximate surface area is 174 Å². The lowest BCUT2D eigenvalue weighted by atomic mass is 9.98. The molecule has 146 valence electrons. The number of nitrogens with zero attached hydrogens (tertiary/aromatic N) is 1. The Kier molecular flexibility index (Phi) is 9.70. The summed E-state index contributed by atoms with van der Waals surface area (Å²) in [6.45, 7) is 0.659. The number of carbonyl (C=O) groups is 1. The number of carbonyl (C=O) groups excluding carboxylic acids is 1. The smallest absolute Gasteiger partial charge is 0.222 e. The number of hydrogen-bond donors (Lipinski definition) is 3. The van der Waals surface area contributed by atoms with Gasteiger partial charge in [0.2, 0.25) is 5.91 Å². The average molecular weight is 488 g/mol. The topological polar surface area (TPSA) is 79.5 Å². The molecule has 4 N–H and O–H groups in total. The summed E-state index contributed by atoms with van der Waals surface area (Å²) in [6.07, 6.45) is 0.392. The second kappa shape index (κ2) is 11.5. The van der Waals surface area contributed by atoms with E-state index < -0.39 is 11.8 Å². The van der Waals surface area contributed by atoms with E-state index in [0.29, 0.717) is 18.9 Å². The standard InChI is InChI=1S/C19H22F2N4O.HI/c1-23-19(24-11-14-3-2-4-17(21)10-14)25-12-15(18(22)26)9-13-5-7-16(20)8-6-13;/h2-8,10,15H,9,11-12H2,1H3,(H2,22,26)(H2,23,24,25);1H. The van der Waals surface area contributed by atoms with Crippen LogP contribution in [0.25, 0.3) is 0 Å². The fourth-order valence-corrected chi connectivity index (χ4v) is 2.45. The highest BCUT2D eigenvalue weighted by Gasteiger charge is 2.16. The van der Waals surface area contributed by atoms with E-state index in [1.807, 2.05) is 0 Å². The Hall–Kier alpha value is -2.23. The monoisotopic (exact) mass is 488 g/mol. The molecular formula is C19H23F2IN4O. The first kappa shape index (κ1) is 22.8. The van der Waals surface area contributed by atoms with Crippen molar-refractivity contribution in [2.75, 3.05) is 13.6 Å². The number of hydrogen-bond acceptors (Lipinski definition) is 2. The number of halogens is 3. The first-order chi connectivity index (χ1) is 12.5. The molecule has 2 rings (SSSR count). The molecule has 0 radical (unpaired) electrons. The molecule has 1 atom stereocenters. The lowest BCUT2D eigenvalue weighted by Gasteiger charge is -2.17. The molecule has 1 unspecified atom stereocenters. The van der Waals surface area contributed by atoms with Crippen molar-refractivity contribution < 1.29 is 13.6 Å². The molecule has 0 saturated carbocycles. The summed E-state index contributed by atoms with van der Waals surface area (Å²) < 4.78 is 26.2. The molecule has 0 fully saturated rings. The van der Waals surface area contributed by atoms with Crippen LogP contribution < -0.4 is 16.4 Å². The summed E-state index contributed by atoms with van der Waals surface area (Å²) in [5, 5.41) is 6.09. The molecular weight excluding hydrogens is 465 g/mol. The molecule has 27 heavy (non-hydrogen) atoms. The molecule has 2 aromatic carbocycles. The molecule has 0 aromatic heterocycles. The fourth-order valence-electron chi connectivity index (χ4n) is 2.45. The fraction of sp³-hybridized carbons (Fsp3) is 0.263. The van der Waals surface area contributed by atoms with E-state index >= 15 is 0 Å². The zero-order valence-corrected chi connectivity index (χ0v) is 17.2. The van der Waals surface area contributed by atoms with Crippen molar-refractivity contribution in [1.82, 2.24) is 10.6 Å². The Morgan fingerprint density at radius 3 is 2.37 bits per heavy atom. The molecule has 0 spiro atoms. The normalized spacial score (nSPS) is 12.0. The number of amides is 1. The van der Waals surface area contributed by atoms with Crippen LogP contribution in [0.4, 0.5) is 8.78 Å². The van der Waals surface area contributed by atoms with Crippen LogP contribution in [0.1, 0.15) is 11.1 Å². The van der Waals surface area contributed by atoms with Crippen molar-refractivity contribution in [3.63, 3.8) is 0 Å². The lowest BCUT2D eigenvalue weighted by molar-refractivity contribution is -0.121. The van der Waals surface area contributed by atoms with Crippen molar-refractivity contribution in [2.45, 2.75) is 13.0 Å². The van der Waals surface area contributed by atoms with Gasteiger partial charge >= 0.3 is 0 Å². The Morgan fingerprint density at radius 2 is 1.78 bits per heavy atom. The number of guanidine groups is 1. The number of benzene rings is 2. The maximum Gasteiger partial charge on any atom is 0.222 e. The summed E-state index contributed by atoms with van der Waals surface area (Å²) in [7, 11) is 1.60. The van der Waals surface area contributed by atoms with Crippen molar-refractivity contribution in [1.29, 1.82) is 0 Å². The van der Waals surface area contributed by atoms with Gasteiger partial charge in [0.1, 0.15) is 11.6 Å². The Bertz CT molecular complexity index is 769. The third-order valence-electron chi connectivity index (χ3n) is 3.89. The third-order valence-corrected chi connectivity index (χ3v) is 3.89. The van der Waals surface area contributed by atoms with Gasteiger partial charge in [0.05, 0.1) is 5.92 Å². The van der Waals surface area contributed by atoms with Crippen molar-refractivity contribution >= 4 is 35.8 Å².